The normalized spacial score (nSPS) is 22.6. The molecule has 0 N–H and O–H groups in total. The van der Waals surface area contributed by atoms with Crippen LogP contribution in [0.1, 0.15) is 5.56 Å². The molecule has 1 saturated heterocycles. The van der Waals surface area contributed by atoms with Crippen LogP contribution >= 0.6 is 11.8 Å². The Hall–Kier alpha value is -1.70. The smallest absolute Gasteiger partial charge is 0.246 e. The molecule has 0 amide bonds. The van der Waals surface area contributed by atoms with Gasteiger partial charge < -0.3 is 9.64 Å². The molecular weight excluding hydrogens is 380 g/mol. The Morgan fingerprint density at radius 2 is 1.85 bits per heavy atom. The lowest BCUT2D eigenvalue weighted by Crippen LogP contribution is -2.40. The summed E-state index contributed by atoms with van der Waals surface area (Å²) in [6.07, 6.45) is 0.626. The number of ether oxygens (including phenoxy) is 1. The monoisotopic (exact) mass is 404 g/mol. The van der Waals surface area contributed by atoms with E-state index in [2.05, 4.69) is 4.90 Å². The first-order chi connectivity index (χ1) is 13.1. The van der Waals surface area contributed by atoms with E-state index in [1.807, 2.05) is 54.2 Å². The van der Waals surface area contributed by atoms with Crippen LogP contribution in [-0.2, 0) is 16.4 Å². The van der Waals surface area contributed by atoms with Crippen molar-refractivity contribution in [1.82, 2.24) is 4.31 Å². The van der Waals surface area contributed by atoms with Crippen molar-refractivity contribution in [1.29, 1.82) is 0 Å². The molecule has 1 fully saturated rings. The van der Waals surface area contributed by atoms with Crippen molar-refractivity contribution >= 4 is 27.5 Å². The van der Waals surface area contributed by atoms with E-state index in [1.165, 1.54) is 4.31 Å². The average Bonchev–Trinajstić information content (AvgIpc) is 2.79. The van der Waals surface area contributed by atoms with Crippen molar-refractivity contribution in [2.45, 2.75) is 17.4 Å². The lowest BCUT2D eigenvalue weighted by Gasteiger charge is -2.29. The van der Waals surface area contributed by atoms with Crippen LogP contribution in [0.15, 0.2) is 53.4 Å². The van der Waals surface area contributed by atoms with Crippen molar-refractivity contribution in [2.75, 3.05) is 43.1 Å². The quantitative estimate of drug-likeness (QED) is 0.787. The number of hydrogen-bond acceptors (Lipinski definition) is 5. The highest BCUT2D eigenvalue weighted by Crippen LogP contribution is 2.35. The number of nitrogens with zero attached hydrogens (tertiary/aromatic N) is 2. The van der Waals surface area contributed by atoms with Crippen LogP contribution in [0.3, 0.4) is 0 Å². The summed E-state index contributed by atoms with van der Waals surface area (Å²) in [6.45, 7) is 2.30. The molecule has 27 heavy (non-hydrogen) atoms. The van der Waals surface area contributed by atoms with Gasteiger partial charge in [-0.3, -0.25) is 0 Å². The average molecular weight is 405 g/mol. The third-order valence-corrected chi connectivity index (χ3v) is 8.11. The second-order valence-corrected chi connectivity index (χ2v) is 10.1. The highest BCUT2D eigenvalue weighted by Gasteiger charge is 2.34. The maximum absolute atomic E-state index is 13.1. The molecule has 0 bridgehead atoms. The van der Waals surface area contributed by atoms with E-state index < -0.39 is 10.0 Å². The molecule has 2 heterocycles. The zero-order chi connectivity index (χ0) is 18.9. The topological polar surface area (TPSA) is 49.9 Å². The van der Waals surface area contributed by atoms with Gasteiger partial charge in [0, 0.05) is 43.4 Å². The van der Waals surface area contributed by atoms with Crippen LogP contribution in [0.2, 0.25) is 0 Å². The van der Waals surface area contributed by atoms with Gasteiger partial charge in [-0.05, 0) is 24.1 Å². The standard InChI is InChI=1S/C20H24N2O3S2/c1-21-18(13-16-5-3-2-4-6-16)15-25-19-14-17(22-9-11-26-12-10-22)7-8-20(19)27(21,23)24/h2-8,14,18H,9-13,15H2,1H3/t18-/m1/s1. The molecule has 2 aromatic carbocycles. The van der Waals surface area contributed by atoms with E-state index >= 15 is 0 Å². The molecule has 1 atom stereocenters. The van der Waals surface area contributed by atoms with Gasteiger partial charge in [0.15, 0.2) is 0 Å². The summed E-state index contributed by atoms with van der Waals surface area (Å²) in [4.78, 5) is 2.55. The predicted octanol–water partition coefficient (Wildman–Crippen LogP) is 2.86. The van der Waals surface area contributed by atoms with Crippen molar-refractivity contribution in [2.24, 2.45) is 0 Å². The number of benzene rings is 2. The van der Waals surface area contributed by atoms with E-state index in [4.69, 9.17) is 4.74 Å². The fraction of sp³-hybridized carbons (Fsp3) is 0.400. The lowest BCUT2D eigenvalue weighted by atomic mass is 10.1. The molecule has 144 valence electrons. The molecule has 2 aliphatic rings. The summed E-state index contributed by atoms with van der Waals surface area (Å²) in [5.41, 5.74) is 2.14. The summed E-state index contributed by atoms with van der Waals surface area (Å²) in [5.74, 6) is 2.66. The number of likely N-dealkylation sites (N-methyl/N-ethyl adjacent to an activating group) is 1. The first-order valence-electron chi connectivity index (χ1n) is 9.17. The number of thioether (sulfide) groups is 1. The molecule has 0 aliphatic carbocycles. The SMILES string of the molecule is CN1[C@H](Cc2ccccc2)COc2cc(N3CCSCC3)ccc2S1(=O)=O. The lowest BCUT2D eigenvalue weighted by molar-refractivity contribution is 0.228. The molecule has 0 radical (unpaired) electrons. The van der Waals surface area contributed by atoms with Crippen LogP contribution in [0.25, 0.3) is 0 Å². The fourth-order valence-electron chi connectivity index (χ4n) is 3.56. The summed E-state index contributed by atoms with van der Waals surface area (Å²) in [7, 11) is -1.94. The highest BCUT2D eigenvalue weighted by atomic mass is 32.2. The largest absolute Gasteiger partial charge is 0.490 e. The van der Waals surface area contributed by atoms with Crippen LogP contribution in [-0.4, -0.2) is 57.0 Å². The molecule has 2 aromatic rings. The number of fused-ring (bicyclic) bond motifs is 1. The fourth-order valence-corrected chi connectivity index (χ4v) is 5.91. The number of hydrogen-bond donors (Lipinski definition) is 0. The minimum absolute atomic E-state index is 0.236. The second kappa shape index (κ2) is 7.73. The van der Waals surface area contributed by atoms with E-state index in [1.54, 1.807) is 13.1 Å². The minimum Gasteiger partial charge on any atom is -0.490 e. The van der Waals surface area contributed by atoms with Gasteiger partial charge in [-0.15, -0.1) is 0 Å². The molecule has 4 rings (SSSR count). The van der Waals surface area contributed by atoms with E-state index in [0.29, 0.717) is 18.8 Å². The highest BCUT2D eigenvalue weighted by molar-refractivity contribution is 7.99. The van der Waals surface area contributed by atoms with Crippen molar-refractivity contribution in [3.63, 3.8) is 0 Å². The third-order valence-electron chi connectivity index (χ3n) is 5.22. The van der Waals surface area contributed by atoms with Gasteiger partial charge in [-0.25, -0.2) is 8.42 Å². The summed E-state index contributed by atoms with van der Waals surface area (Å²) in [6, 6.07) is 15.2. The van der Waals surface area contributed by atoms with Gasteiger partial charge in [0.05, 0.1) is 6.04 Å². The maximum Gasteiger partial charge on any atom is 0.246 e. The third kappa shape index (κ3) is 3.81. The predicted molar refractivity (Wildman–Crippen MR) is 110 cm³/mol. The molecule has 7 heteroatoms. The molecule has 0 spiro atoms. The molecule has 5 nitrogen and oxygen atoms in total. The Labute approximate surface area is 165 Å². The zero-order valence-corrected chi connectivity index (χ0v) is 17.0. The maximum atomic E-state index is 13.1. The Kier molecular flexibility index (Phi) is 5.34. The van der Waals surface area contributed by atoms with Crippen molar-refractivity contribution in [3.8, 4) is 5.75 Å². The van der Waals surface area contributed by atoms with Gasteiger partial charge in [-0.2, -0.15) is 16.1 Å². The molecule has 0 unspecified atom stereocenters. The molecule has 0 saturated carbocycles. The van der Waals surface area contributed by atoms with Gasteiger partial charge in [0.1, 0.15) is 17.3 Å². The number of sulfonamides is 1. The van der Waals surface area contributed by atoms with Crippen LogP contribution in [0, 0.1) is 0 Å². The summed E-state index contributed by atoms with van der Waals surface area (Å²) in [5, 5.41) is 0. The van der Waals surface area contributed by atoms with E-state index in [-0.39, 0.29) is 10.9 Å². The van der Waals surface area contributed by atoms with Gasteiger partial charge in [0.25, 0.3) is 0 Å². The van der Waals surface area contributed by atoms with E-state index in [9.17, 15) is 8.42 Å². The van der Waals surface area contributed by atoms with Crippen LogP contribution in [0.4, 0.5) is 5.69 Å². The number of anilines is 1. The first kappa shape index (κ1) is 18.7. The van der Waals surface area contributed by atoms with Crippen LogP contribution < -0.4 is 9.64 Å². The van der Waals surface area contributed by atoms with Crippen molar-refractivity contribution in [3.05, 3.63) is 54.1 Å². The Balaban J connectivity index is 1.62. The van der Waals surface area contributed by atoms with Crippen LogP contribution in [0.5, 0.6) is 5.75 Å². The molecule has 0 aromatic heterocycles. The summed E-state index contributed by atoms with van der Waals surface area (Å²) < 4.78 is 33.8. The summed E-state index contributed by atoms with van der Waals surface area (Å²) >= 11 is 1.95. The Bertz CT molecular complexity index is 897. The minimum atomic E-state index is -3.59. The number of rotatable bonds is 3. The Morgan fingerprint density at radius 3 is 2.59 bits per heavy atom. The Morgan fingerprint density at radius 1 is 1.11 bits per heavy atom. The zero-order valence-electron chi connectivity index (χ0n) is 15.4. The van der Waals surface area contributed by atoms with Gasteiger partial charge in [0.2, 0.25) is 10.0 Å². The van der Waals surface area contributed by atoms with E-state index in [0.717, 1.165) is 35.8 Å². The molecule has 2 aliphatic heterocycles. The first-order valence-corrected chi connectivity index (χ1v) is 11.8. The second-order valence-electron chi connectivity index (χ2n) is 6.91. The van der Waals surface area contributed by atoms with Crippen molar-refractivity contribution < 1.29 is 13.2 Å². The van der Waals surface area contributed by atoms with Gasteiger partial charge in [-0.1, -0.05) is 30.3 Å². The van der Waals surface area contributed by atoms with Gasteiger partial charge >= 0.3 is 0 Å². The molecular formula is C20H24N2O3S2.